The van der Waals surface area contributed by atoms with Crippen LogP contribution in [0.5, 0.6) is 0 Å². The van der Waals surface area contributed by atoms with Crippen molar-refractivity contribution in [3.05, 3.63) is 72.8 Å². The fraction of sp³-hybridized carbons (Fsp3) is 0.259. The second-order valence-electron chi connectivity index (χ2n) is 9.81. The van der Waals surface area contributed by atoms with Crippen LogP contribution in [0.15, 0.2) is 67.3 Å². The SMILES string of the molecule is CC(=O)c1cn(CC(=O)OC(C)(C)C)c2cc(N(c3ccccc3)c3ccncn3)c(NS(C)(=O)=O)cc12. The van der Waals surface area contributed by atoms with Gasteiger partial charge in [0.25, 0.3) is 0 Å². The van der Waals surface area contributed by atoms with Crippen molar-refractivity contribution in [2.75, 3.05) is 15.9 Å². The van der Waals surface area contributed by atoms with E-state index < -0.39 is 21.6 Å². The van der Waals surface area contributed by atoms with Gasteiger partial charge in [-0.2, -0.15) is 0 Å². The molecule has 10 nitrogen and oxygen atoms in total. The van der Waals surface area contributed by atoms with Gasteiger partial charge < -0.3 is 9.30 Å². The summed E-state index contributed by atoms with van der Waals surface area (Å²) >= 11 is 0. The molecule has 0 amide bonds. The highest BCUT2D eigenvalue weighted by molar-refractivity contribution is 7.92. The lowest BCUT2D eigenvalue weighted by Crippen LogP contribution is -2.26. The molecule has 198 valence electrons. The minimum atomic E-state index is -3.71. The first kappa shape index (κ1) is 26.8. The molecule has 2 aromatic heterocycles. The Hall–Kier alpha value is -4.25. The number of rotatable bonds is 8. The summed E-state index contributed by atoms with van der Waals surface area (Å²) < 4.78 is 34.5. The number of para-hydroxylation sites is 1. The van der Waals surface area contributed by atoms with Gasteiger partial charge in [-0.25, -0.2) is 18.4 Å². The van der Waals surface area contributed by atoms with Gasteiger partial charge in [0.2, 0.25) is 10.0 Å². The van der Waals surface area contributed by atoms with E-state index in [1.54, 1.807) is 60.8 Å². The van der Waals surface area contributed by atoms with Crippen LogP contribution in [0, 0.1) is 0 Å². The number of benzene rings is 2. The third-order valence-electron chi connectivity index (χ3n) is 5.44. The van der Waals surface area contributed by atoms with Crippen LogP contribution >= 0.6 is 0 Å². The van der Waals surface area contributed by atoms with Gasteiger partial charge in [-0.1, -0.05) is 18.2 Å². The number of hydrogen-bond acceptors (Lipinski definition) is 8. The molecule has 0 aliphatic rings. The number of sulfonamides is 1. The Morgan fingerprint density at radius 2 is 1.82 bits per heavy atom. The Labute approximate surface area is 221 Å². The van der Waals surface area contributed by atoms with Crippen LogP contribution in [-0.4, -0.2) is 46.6 Å². The molecule has 0 aliphatic carbocycles. The first-order chi connectivity index (χ1) is 17.8. The molecule has 0 saturated heterocycles. The molecule has 0 saturated carbocycles. The summed E-state index contributed by atoms with van der Waals surface area (Å²) in [5, 5.41) is 0.492. The van der Waals surface area contributed by atoms with E-state index in [4.69, 9.17) is 4.74 Å². The van der Waals surface area contributed by atoms with Gasteiger partial charge in [-0.3, -0.25) is 19.2 Å². The zero-order chi connectivity index (χ0) is 27.7. The van der Waals surface area contributed by atoms with E-state index >= 15 is 0 Å². The third-order valence-corrected chi connectivity index (χ3v) is 6.03. The molecule has 0 atom stereocenters. The van der Waals surface area contributed by atoms with E-state index in [2.05, 4.69) is 14.7 Å². The smallest absolute Gasteiger partial charge is 0.326 e. The summed E-state index contributed by atoms with van der Waals surface area (Å²) in [5.74, 6) is -0.217. The van der Waals surface area contributed by atoms with Crippen LogP contribution in [0.2, 0.25) is 0 Å². The van der Waals surface area contributed by atoms with Gasteiger partial charge in [0, 0.05) is 29.0 Å². The number of ether oxygens (including phenoxy) is 1. The average molecular weight is 536 g/mol. The summed E-state index contributed by atoms with van der Waals surface area (Å²) in [6, 6.07) is 14.3. The molecule has 0 unspecified atom stereocenters. The topological polar surface area (TPSA) is 123 Å². The second-order valence-corrected chi connectivity index (χ2v) is 11.6. The Morgan fingerprint density at radius 1 is 1.11 bits per heavy atom. The third kappa shape index (κ3) is 6.17. The molecule has 1 N–H and O–H groups in total. The van der Waals surface area contributed by atoms with E-state index in [1.165, 1.54) is 13.3 Å². The lowest BCUT2D eigenvalue weighted by molar-refractivity contribution is -0.155. The number of aromatic nitrogens is 3. The number of carbonyl (C=O) groups excluding carboxylic acids is 2. The van der Waals surface area contributed by atoms with Crippen molar-refractivity contribution in [1.29, 1.82) is 0 Å². The normalized spacial score (nSPS) is 11.8. The lowest BCUT2D eigenvalue weighted by Gasteiger charge is -2.27. The summed E-state index contributed by atoms with van der Waals surface area (Å²) in [7, 11) is -3.71. The number of ketones is 1. The molecule has 0 bridgehead atoms. The predicted molar refractivity (Wildman–Crippen MR) is 147 cm³/mol. The molecule has 0 spiro atoms. The van der Waals surface area contributed by atoms with E-state index in [0.29, 0.717) is 33.7 Å². The van der Waals surface area contributed by atoms with Crippen molar-refractivity contribution < 1.29 is 22.7 Å². The zero-order valence-corrected chi connectivity index (χ0v) is 22.6. The molecule has 4 rings (SSSR count). The second kappa shape index (κ2) is 10.3. The van der Waals surface area contributed by atoms with Crippen LogP contribution in [0.25, 0.3) is 10.9 Å². The predicted octanol–water partition coefficient (Wildman–Crippen LogP) is 4.82. The Bertz CT molecular complexity index is 1550. The lowest BCUT2D eigenvalue weighted by atomic mass is 10.1. The molecule has 0 fully saturated rings. The van der Waals surface area contributed by atoms with Crippen molar-refractivity contribution >= 4 is 55.6 Å². The highest BCUT2D eigenvalue weighted by Crippen LogP contribution is 2.41. The van der Waals surface area contributed by atoms with Crippen molar-refractivity contribution in [3.8, 4) is 0 Å². The van der Waals surface area contributed by atoms with Crippen molar-refractivity contribution in [1.82, 2.24) is 14.5 Å². The highest BCUT2D eigenvalue weighted by Gasteiger charge is 2.24. The summed E-state index contributed by atoms with van der Waals surface area (Å²) in [4.78, 5) is 35.4. The molecule has 11 heteroatoms. The number of hydrogen-bond donors (Lipinski definition) is 1. The van der Waals surface area contributed by atoms with Crippen LogP contribution in [-0.2, 0) is 26.1 Å². The number of Topliss-reactive ketones (excluding diaryl/α,β-unsaturated/α-hetero) is 1. The number of nitrogens with zero attached hydrogens (tertiary/aromatic N) is 4. The minimum Gasteiger partial charge on any atom is -0.459 e. The van der Waals surface area contributed by atoms with Gasteiger partial charge in [0.1, 0.15) is 24.3 Å². The van der Waals surface area contributed by atoms with Crippen molar-refractivity contribution in [2.24, 2.45) is 0 Å². The monoisotopic (exact) mass is 535 g/mol. The first-order valence-electron chi connectivity index (χ1n) is 11.8. The summed E-state index contributed by atoms with van der Waals surface area (Å²) in [6.07, 6.45) is 5.62. The van der Waals surface area contributed by atoms with E-state index in [9.17, 15) is 18.0 Å². The number of anilines is 4. The fourth-order valence-corrected chi connectivity index (χ4v) is 4.67. The molecule has 2 aromatic carbocycles. The van der Waals surface area contributed by atoms with E-state index in [0.717, 1.165) is 6.26 Å². The number of carbonyl (C=O) groups is 2. The Balaban J connectivity index is 2.01. The molecule has 38 heavy (non-hydrogen) atoms. The van der Waals surface area contributed by atoms with E-state index in [-0.39, 0.29) is 18.0 Å². The summed E-state index contributed by atoms with van der Waals surface area (Å²) in [5.41, 5.74) is 1.59. The largest absolute Gasteiger partial charge is 0.459 e. The van der Waals surface area contributed by atoms with Gasteiger partial charge in [0.15, 0.2) is 5.78 Å². The Kier molecular flexibility index (Phi) is 7.23. The average Bonchev–Trinajstić information content (AvgIpc) is 3.16. The van der Waals surface area contributed by atoms with Crippen molar-refractivity contribution in [3.63, 3.8) is 0 Å². The van der Waals surface area contributed by atoms with Crippen molar-refractivity contribution in [2.45, 2.75) is 39.8 Å². The van der Waals surface area contributed by atoms with Gasteiger partial charge in [0.05, 0.1) is 23.1 Å². The van der Waals surface area contributed by atoms with Crippen LogP contribution in [0.4, 0.5) is 22.9 Å². The van der Waals surface area contributed by atoms with E-state index in [1.807, 2.05) is 30.3 Å². The standard InChI is InChI=1S/C27H29N5O5S/c1-18(33)21-15-31(16-26(34)37-27(2,3)4)23-14-24(22(13-20(21)23)30-38(5,35)36)32(19-9-7-6-8-10-19)25-11-12-28-17-29-25/h6-15,17,30H,16H2,1-5H3. The minimum absolute atomic E-state index is 0.141. The maximum Gasteiger partial charge on any atom is 0.326 e. The maximum absolute atomic E-state index is 12.7. The molecule has 4 aromatic rings. The number of esters is 1. The first-order valence-corrected chi connectivity index (χ1v) is 13.7. The molecular weight excluding hydrogens is 506 g/mol. The number of nitrogens with one attached hydrogen (secondary N) is 1. The van der Waals surface area contributed by atoms with Crippen LogP contribution < -0.4 is 9.62 Å². The fourth-order valence-electron chi connectivity index (χ4n) is 4.10. The van der Waals surface area contributed by atoms with Gasteiger partial charge >= 0.3 is 5.97 Å². The maximum atomic E-state index is 12.7. The zero-order valence-electron chi connectivity index (χ0n) is 21.8. The van der Waals surface area contributed by atoms with Crippen LogP contribution in [0.3, 0.4) is 0 Å². The van der Waals surface area contributed by atoms with Gasteiger partial charge in [-0.15, -0.1) is 0 Å². The Morgan fingerprint density at radius 3 is 2.39 bits per heavy atom. The number of fused-ring (bicyclic) bond motifs is 1. The summed E-state index contributed by atoms with van der Waals surface area (Å²) in [6.45, 7) is 6.61. The molecule has 2 heterocycles. The molecule has 0 aliphatic heterocycles. The van der Waals surface area contributed by atoms with Crippen LogP contribution in [0.1, 0.15) is 38.1 Å². The quantitative estimate of drug-likeness (QED) is 0.252. The van der Waals surface area contributed by atoms with Gasteiger partial charge in [-0.05, 0) is 58.0 Å². The molecular formula is C27H29N5O5S. The highest BCUT2D eigenvalue weighted by atomic mass is 32.2. The molecule has 0 radical (unpaired) electrons.